The summed E-state index contributed by atoms with van der Waals surface area (Å²) in [6.45, 7) is 3.08. The maximum atomic E-state index is 10.7. The highest BCUT2D eigenvalue weighted by Gasteiger charge is 2.23. The van der Waals surface area contributed by atoms with E-state index in [1.54, 1.807) is 6.20 Å². The van der Waals surface area contributed by atoms with E-state index < -0.39 is 6.09 Å². The molecular weight excluding hydrogens is 228 g/mol. The first-order valence-electron chi connectivity index (χ1n) is 5.22. The minimum absolute atomic E-state index is 0.0983. The average Bonchev–Trinajstić information content (AvgIpc) is 2.65. The summed E-state index contributed by atoms with van der Waals surface area (Å²) < 4.78 is 5.69. The summed E-state index contributed by atoms with van der Waals surface area (Å²) in [6, 6.07) is 0. The quantitative estimate of drug-likeness (QED) is 0.861. The number of likely N-dealkylation sites (tertiary alicyclic amines) is 1. The Morgan fingerprint density at radius 1 is 1.62 bits per heavy atom. The van der Waals surface area contributed by atoms with Crippen molar-refractivity contribution in [2.75, 3.05) is 13.1 Å². The van der Waals surface area contributed by atoms with Gasteiger partial charge in [-0.15, -0.1) is 0 Å². The minimum Gasteiger partial charge on any atom is -0.467 e. The van der Waals surface area contributed by atoms with Gasteiger partial charge in [-0.25, -0.2) is 9.78 Å². The van der Waals surface area contributed by atoms with Gasteiger partial charge in [-0.3, -0.25) is 0 Å². The van der Waals surface area contributed by atoms with Gasteiger partial charge in [-0.1, -0.05) is 11.3 Å². The summed E-state index contributed by atoms with van der Waals surface area (Å²) in [7, 11) is 0. The molecular formula is C10H14N2O3S. The largest absolute Gasteiger partial charge is 0.467 e. The summed E-state index contributed by atoms with van der Waals surface area (Å²) in [5.41, 5.74) is 0. The molecule has 16 heavy (non-hydrogen) atoms. The molecule has 1 aromatic rings. The molecule has 1 aromatic heterocycles. The number of nitrogens with zero attached hydrogens (tertiary/aromatic N) is 2. The third kappa shape index (κ3) is 2.63. The monoisotopic (exact) mass is 242 g/mol. The number of ether oxygens (including phenoxy) is 1. The van der Waals surface area contributed by atoms with E-state index in [0.29, 0.717) is 18.3 Å². The molecule has 1 N–H and O–H groups in total. The third-order valence-corrected chi connectivity index (χ3v) is 3.38. The standard InChI is InChI=1S/C10H14N2O3S/c1-7-6-11-9(16-7)15-8-2-4-12(5-3-8)10(13)14/h6,8H,2-5H2,1H3,(H,13,14). The SMILES string of the molecule is Cc1cnc(OC2CCN(C(=O)O)CC2)s1. The van der Waals surface area contributed by atoms with Gasteiger partial charge in [0.05, 0.1) is 0 Å². The highest BCUT2D eigenvalue weighted by molar-refractivity contribution is 7.13. The van der Waals surface area contributed by atoms with Gasteiger partial charge >= 0.3 is 6.09 Å². The van der Waals surface area contributed by atoms with Crippen molar-refractivity contribution in [3.63, 3.8) is 0 Å². The molecule has 6 heteroatoms. The molecule has 1 saturated heterocycles. The van der Waals surface area contributed by atoms with Crippen molar-refractivity contribution in [2.45, 2.75) is 25.9 Å². The molecule has 0 atom stereocenters. The first-order valence-corrected chi connectivity index (χ1v) is 6.04. The van der Waals surface area contributed by atoms with E-state index >= 15 is 0 Å². The second-order valence-corrected chi connectivity index (χ2v) is 5.02. The zero-order valence-electron chi connectivity index (χ0n) is 9.05. The van der Waals surface area contributed by atoms with Crippen LogP contribution in [0.25, 0.3) is 0 Å². The van der Waals surface area contributed by atoms with Crippen LogP contribution in [0.1, 0.15) is 17.7 Å². The number of aryl methyl sites for hydroxylation is 1. The number of amides is 1. The lowest BCUT2D eigenvalue weighted by molar-refractivity contribution is 0.0893. The maximum Gasteiger partial charge on any atom is 0.407 e. The number of piperidine rings is 1. The minimum atomic E-state index is -0.844. The zero-order valence-corrected chi connectivity index (χ0v) is 9.87. The number of hydrogen-bond acceptors (Lipinski definition) is 4. The zero-order chi connectivity index (χ0) is 11.5. The molecule has 0 unspecified atom stereocenters. The van der Waals surface area contributed by atoms with Crippen LogP contribution in [0, 0.1) is 6.92 Å². The van der Waals surface area contributed by atoms with E-state index in [-0.39, 0.29) is 6.10 Å². The van der Waals surface area contributed by atoms with Crippen LogP contribution in [0.4, 0.5) is 4.79 Å². The topological polar surface area (TPSA) is 62.7 Å². The molecule has 2 heterocycles. The van der Waals surface area contributed by atoms with Crippen LogP contribution in [0.5, 0.6) is 5.19 Å². The number of aromatic nitrogens is 1. The van der Waals surface area contributed by atoms with Crippen molar-refractivity contribution in [3.8, 4) is 5.19 Å². The Labute approximate surface area is 97.7 Å². The van der Waals surface area contributed by atoms with Crippen LogP contribution < -0.4 is 4.74 Å². The molecule has 0 spiro atoms. The van der Waals surface area contributed by atoms with Crippen LogP contribution in [-0.2, 0) is 0 Å². The highest BCUT2D eigenvalue weighted by Crippen LogP contribution is 2.23. The summed E-state index contributed by atoms with van der Waals surface area (Å²) in [6.07, 6.45) is 2.52. The Morgan fingerprint density at radius 2 is 2.31 bits per heavy atom. The van der Waals surface area contributed by atoms with E-state index in [1.165, 1.54) is 16.2 Å². The Hall–Kier alpha value is -1.30. The Kier molecular flexibility index (Phi) is 3.28. The molecule has 2 rings (SSSR count). The van der Waals surface area contributed by atoms with Gasteiger partial charge in [0, 0.05) is 37.0 Å². The Bertz CT molecular complexity index is 372. The fraction of sp³-hybridized carbons (Fsp3) is 0.600. The van der Waals surface area contributed by atoms with Crippen LogP contribution >= 0.6 is 11.3 Å². The smallest absolute Gasteiger partial charge is 0.407 e. The van der Waals surface area contributed by atoms with Crippen molar-refractivity contribution in [2.24, 2.45) is 0 Å². The Morgan fingerprint density at radius 3 is 2.81 bits per heavy atom. The predicted molar refractivity (Wildman–Crippen MR) is 60.1 cm³/mol. The Balaban J connectivity index is 1.83. The van der Waals surface area contributed by atoms with Gasteiger partial charge < -0.3 is 14.7 Å². The summed E-state index contributed by atoms with van der Waals surface area (Å²) in [4.78, 5) is 17.4. The van der Waals surface area contributed by atoms with Crippen molar-refractivity contribution in [3.05, 3.63) is 11.1 Å². The predicted octanol–water partition coefficient (Wildman–Crippen LogP) is 1.97. The van der Waals surface area contributed by atoms with Crippen molar-refractivity contribution < 1.29 is 14.6 Å². The molecule has 0 bridgehead atoms. The van der Waals surface area contributed by atoms with Gasteiger partial charge in [0.25, 0.3) is 5.19 Å². The average molecular weight is 242 g/mol. The lowest BCUT2D eigenvalue weighted by Crippen LogP contribution is -2.41. The van der Waals surface area contributed by atoms with E-state index in [2.05, 4.69) is 4.98 Å². The maximum absolute atomic E-state index is 10.7. The number of rotatable bonds is 2. The lowest BCUT2D eigenvalue weighted by atomic mass is 10.1. The molecule has 0 saturated carbocycles. The molecule has 0 aliphatic carbocycles. The van der Waals surface area contributed by atoms with Gasteiger partial charge in [-0.05, 0) is 6.92 Å². The second-order valence-electron chi connectivity index (χ2n) is 3.82. The molecule has 1 aliphatic rings. The number of hydrogen-bond donors (Lipinski definition) is 1. The fourth-order valence-corrected chi connectivity index (χ4v) is 2.37. The van der Waals surface area contributed by atoms with E-state index in [0.717, 1.165) is 17.7 Å². The van der Waals surface area contributed by atoms with E-state index in [9.17, 15) is 4.79 Å². The summed E-state index contributed by atoms with van der Waals surface area (Å²) >= 11 is 1.53. The number of thiazole rings is 1. The first kappa shape index (κ1) is 11.2. The van der Waals surface area contributed by atoms with Gasteiger partial charge in [0.15, 0.2) is 0 Å². The molecule has 1 fully saturated rings. The van der Waals surface area contributed by atoms with Crippen LogP contribution in [-0.4, -0.2) is 40.3 Å². The lowest BCUT2D eigenvalue weighted by Gasteiger charge is -2.29. The van der Waals surface area contributed by atoms with Crippen molar-refractivity contribution in [1.29, 1.82) is 0 Å². The molecule has 88 valence electrons. The molecule has 0 aromatic carbocycles. The molecule has 1 amide bonds. The molecule has 1 aliphatic heterocycles. The number of carbonyl (C=O) groups is 1. The van der Waals surface area contributed by atoms with Crippen LogP contribution in [0.3, 0.4) is 0 Å². The van der Waals surface area contributed by atoms with Gasteiger partial charge in [0.2, 0.25) is 0 Å². The van der Waals surface area contributed by atoms with Gasteiger partial charge in [-0.2, -0.15) is 0 Å². The van der Waals surface area contributed by atoms with E-state index in [4.69, 9.17) is 9.84 Å². The fourth-order valence-electron chi connectivity index (χ4n) is 1.70. The third-order valence-electron chi connectivity index (χ3n) is 2.58. The van der Waals surface area contributed by atoms with E-state index in [1.807, 2.05) is 6.92 Å². The van der Waals surface area contributed by atoms with Crippen LogP contribution in [0.15, 0.2) is 6.20 Å². The summed E-state index contributed by atoms with van der Waals surface area (Å²) in [5.74, 6) is 0. The van der Waals surface area contributed by atoms with Gasteiger partial charge in [0.1, 0.15) is 6.10 Å². The summed E-state index contributed by atoms with van der Waals surface area (Å²) in [5, 5.41) is 9.48. The first-order chi connectivity index (χ1) is 7.65. The second kappa shape index (κ2) is 4.69. The normalized spacial score (nSPS) is 17.4. The van der Waals surface area contributed by atoms with Crippen molar-refractivity contribution >= 4 is 17.4 Å². The molecule has 0 radical (unpaired) electrons. The highest BCUT2D eigenvalue weighted by atomic mass is 32.1. The van der Waals surface area contributed by atoms with Crippen LogP contribution in [0.2, 0.25) is 0 Å². The number of carboxylic acid groups (broad SMARTS) is 1. The molecule has 5 nitrogen and oxygen atoms in total. The van der Waals surface area contributed by atoms with Crippen molar-refractivity contribution in [1.82, 2.24) is 9.88 Å².